The third-order valence-corrected chi connectivity index (χ3v) is 6.18. The van der Waals surface area contributed by atoms with E-state index in [1.807, 2.05) is 0 Å². The number of guanidine groups is 1. The quantitative estimate of drug-likeness (QED) is 0.513. The van der Waals surface area contributed by atoms with E-state index in [0.717, 1.165) is 31.5 Å². The summed E-state index contributed by atoms with van der Waals surface area (Å²) in [7, 11) is 0. The highest BCUT2D eigenvalue weighted by atomic mass is 15.2. The zero-order chi connectivity index (χ0) is 18.8. The molecular weight excluding hydrogens is 322 g/mol. The summed E-state index contributed by atoms with van der Waals surface area (Å²) >= 11 is 0. The summed E-state index contributed by atoms with van der Waals surface area (Å²) in [5, 5.41) is 7.00. The molecule has 0 radical (unpaired) electrons. The highest BCUT2D eigenvalue weighted by molar-refractivity contribution is 5.79. The molecule has 2 rings (SSSR count). The number of nitrogens with zero attached hydrogens (tertiary/aromatic N) is 3. The van der Waals surface area contributed by atoms with Crippen molar-refractivity contribution in [2.24, 2.45) is 10.9 Å². The number of nitrogens with one attached hydrogen (secondary N) is 2. The number of likely N-dealkylation sites (tertiary alicyclic amines) is 2. The molecule has 2 aliphatic rings. The largest absolute Gasteiger partial charge is 0.357 e. The zero-order valence-electron chi connectivity index (χ0n) is 17.8. The van der Waals surface area contributed by atoms with Crippen molar-refractivity contribution in [3.05, 3.63) is 0 Å². The fraction of sp³-hybridized carbons (Fsp3) is 0.952. The number of hydrogen-bond donors (Lipinski definition) is 2. The van der Waals surface area contributed by atoms with E-state index in [1.54, 1.807) is 0 Å². The Morgan fingerprint density at radius 2 is 1.69 bits per heavy atom. The molecule has 0 unspecified atom stereocenters. The molecule has 5 heteroatoms. The molecule has 0 amide bonds. The minimum absolute atomic E-state index is 0.149. The third kappa shape index (κ3) is 7.07. The average molecular weight is 366 g/mol. The van der Waals surface area contributed by atoms with E-state index in [0.29, 0.717) is 0 Å². The van der Waals surface area contributed by atoms with Gasteiger partial charge in [-0.15, -0.1) is 0 Å². The van der Waals surface area contributed by atoms with Crippen molar-refractivity contribution < 1.29 is 0 Å². The van der Waals surface area contributed by atoms with E-state index in [-0.39, 0.29) is 5.54 Å². The first-order chi connectivity index (χ1) is 12.5. The first kappa shape index (κ1) is 21.5. The van der Waals surface area contributed by atoms with Crippen molar-refractivity contribution in [3.8, 4) is 0 Å². The zero-order valence-corrected chi connectivity index (χ0v) is 17.8. The predicted molar refractivity (Wildman–Crippen MR) is 113 cm³/mol. The Morgan fingerprint density at radius 3 is 2.31 bits per heavy atom. The normalized spacial score (nSPS) is 21.8. The van der Waals surface area contributed by atoms with E-state index >= 15 is 0 Å². The molecular formula is C21H43N5. The van der Waals surface area contributed by atoms with Gasteiger partial charge in [0.15, 0.2) is 5.96 Å². The fourth-order valence-corrected chi connectivity index (χ4v) is 4.20. The lowest BCUT2D eigenvalue weighted by molar-refractivity contribution is 0.102. The van der Waals surface area contributed by atoms with Gasteiger partial charge in [0.1, 0.15) is 0 Å². The Balaban J connectivity index is 1.75. The number of aliphatic imine (C=N–C) groups is 1. The van der Waals surface area contributed by atoms with E-state index in [1.165, 1.54) is 71.2 Å². The topological polar surface area (TPSA) is 42.9 Å². The van der Waals surface area contributed by atoms with Crippen LogP contribution in [-0.2, 0) is 0 Å². The van der Waals surface area contributed by atoms with E-state index in [9.17, 15) is 0 Å². The smallest absolute Gasteiger partial charge is 0.191 e. The third-order valence-electron chi connectivity index (χ3n) is 6.18. The van der Waals surface area contributed by atoms with Crippen LogP contribution in [0.1, 0.15) is 66.2 Å². The lowest BCUT2D eigenvalue weighted by Crippen LogP contribution is -2.49. The van der Waals surface area contributed by atoms with Gasteiger partial charge in [-0.3, -0.25) is 9.89 Å². The van der Waals surface area contributed by atoms with Gasteiger partial charge in [0.2, 0.25) is 0 Å². The summed E-state index contributed by atoms with van der Waals surface area (Å²) in [6.45, 7) is 18.1. The van der Waals surface area contributed by atoms with Crippen molar-refractivity contribution in [1.82, 2.24) is 20.4 Å². The molecule has 0 aromatic heterocycles. The Morgan fingerprint density at radius 1 is 1.00 bits per heavy atom. The van der Waals surface area contributed by atoms with Crippen LogP contribution in [0.15, 0.2) is 4.99 Å². The Kier molecular flexibility index (Phi) is 9.20. The van der Waals surface area contributed by atoms with E-state index in [4.69, 9.17) is 4.99 Å². The molecule has 2 saturated heterocycles. The second kappa shape index (κ2) is 11.1. The predicted octanol–water partition coefficient (Wildman–Crippen LogP) is 2.93. The Labute approximate surface area is 162 Å². The molecule has 2 N–H and O–H groups in total. The van der Waals surface area contributed by atoms with E-state index < -0.39 is 0 Å². The number of piperidine rings is 2. The minimum atomic E-state index is 0.149. The monoisotopic (exact) mass is 365 g/mol. The van der Waals surface area contributed by atoms with Crippen LogP contribution in [0.4, 0.5) is 0 Å². The molecule has 0 bridgehead atoms. The van der Waals surface area contributed by atoms with Crippen LogP contribution in [0.3, 0.4) is 0 Å². The summed E-state index contributed by atoms with van der Waals surface area (Å²) < 4.78 is 0. The number of rotatable bonds is 8. The molecule has 0 saturated carbocycles. The molecule has 0 aromatic carbocycles. The Hall–Kier alpha value is -0.810. The average Bonchev–Trinajstić information content (AvgIpc) is 2.67. The maximum absolute atomic E-state index is 4.91. The summed E-state index contributed by atoms with van der Waals surface area (Å²) in [5.74, 6) is 1.86. The standard InChI is InChI=1S/C21H43N5/c1-5-22-20(23-13-10-19-11-16-25(6-2)17-12-19)24-18-21(3,4)26-14-8-7-9-15-26/h19H,5-18H2,1-4H3,(H2,22,23,24). The first-order valence-corrected chi connectivity index (χ1v) is 11.0. The summed E-state index contributed by atoms with van der Waals surface area (Å²) in [6.07, 6.45) is 8.02. The first-order valence-electron chi connectivity index (χ1n) is 11.0. The second-order valence-corrected chi connectivity index (χ2v) is 8.65. The van der Waals surface area contributed by atoms with Crippen molar-refractivity contribution in [3.63, 3.8) is 0 Å². The molecule has 0 aliphatic carbocycles. The highest BCUT2D eigenvalue weighted by Crippen LogP contribution is 2.21. The SMILES string of the molecule is CCNC(=NCC(C)(C)N1CCCCC1)NCCC1CCN(CC)CC1. The number of hydrogen-bond acceptors (Lipinski definition) is 3. The second-order valence-electron chi connectivity index (χ2n) is 8.65. The van der Waals surface area contributed by atoms with Gasteiger partial charge in [0, 0.05) is 18.6 Å². The van der Waals surface area contributed by atoms with Crippen LogP contribution in [0.5, 0.6) is 0 Å². The Bertz CT molecular complexity index is 407. The van der Waals surface area contributed by atoms with Crippen molar-refractivity contribution >= 4 is 5.96 Å². The molecule has 26 heavy (non-hydrogen) atoms. The molecule has 0 atom stereocenters. The van der Waals surface area contributed by atoms with Gasteiger partial charge in [-0.25, -0.2) is 0 Å². The van der Waals surface area contributed by atoms with Gasteiger partial charge < -0.3 is 15.5 Å². The van der Waals surface area contributed by atoms with Gasteiger partial charge in [0.05, 0.1) is 6.54 Å². The van der Waals surface area contributed by atoms with Crippen LogP contribution < -0.4 is 10.6 Å². The van der Waals surface area contributed by atoms with Gasteiger partial charge in [-0.1, -0.05) is 13.3 Å². The molecule has 152 valence electrons. The van der Waals surface area contributed by atoms with Crippen LogP contribution in [0, 0.1) is 5.92 Å². The summed E-state index contributed by atoms with van der Waals surface area (Å²) in [4.78, 5) is 10.1. The van der Waals surface area contributed by atoms with Crippen LogP contribution in [-0.4, -0.2) is 73.7 Å². The van der Waals surface area contributed by atoms with Crippen LogP contribution >= 0.6 is 0 Å². The maximum Gasteiger partial charge on any atom is 0.191 e. The van der Waals surface area contributed by atoms with E-state index in [2.05, 4.69) is 48.1 Å². The van der Waals surface area contributed by atoms with Crippen molar-refractivity contribution in [1.29, 1.82) is 0 Å². The van der Waals surface area contributed by atoms with Gasteiger partial charge in [-0.05, 0) is 91.5 Å². The summed E-state index contributed by atoms with van der Waals surface area (Å²) in [6, 6.07) is 0. The van der Waals surface area contributed by atoms with Gasteiger partial charge >= 0.3 is 0 Å². The lowest BCUT2D eigenvalue weighted by atomic mass is 9.93. The van der Waals surface area contributed by atoms with Gasteiger partial charge in [-0.2, -0.15) is 0 Å². The van der Waals surface area contributed by atoms with Crippen LogP contribution in [0.25, 0.3) is 0 Å². The lowest BCUT2D eigenvalue weighted by Gasteiger charge is -2.40. The van der Waals surface area contributed by atoms with Gasteiger partial charge in [0.25, 0.3) is 0 Å². The highest BCUT2D eigenvalue weighted by Gasteiger charge is 2.27. The summed E-state index contributed by atoms with van der Waals surface area (Å²) in [5.41, 5.74) is 0.149. The molecule has 0 aromatic rings. The van der Waals surface area contributed by atoms with Crippen LogP contribution in [0.2, 0.25) is 0 Å². The fourth-order valence-electron chi connectivity index (χ4n) is 4.20. The molecule has 2 aliphatic heterocycles. The molecule has 2 fully saturated rings. The maximum atomic E-state index is 4.91. The van der Waals surface area contributed by atoms with Crippen molar-refractivity contribution in [2.75, 3.05) is 52.4 Å². The molecule has 0 spiro atoms. The molecule has 5 nitrogen and oxygen atoms in total. The molecule has 2 heterocycles. The van der Waals surface area contributed by atoms with Crippen molar-refractivity contribution in [2.45, 2.75) is 71.8 Å². The minimum Gasteiger partial charge on any atom is -0.357 e.